The third-order valence-corrected chi connectivity index (χ3v) is 4.01. The smallest absolute Gasteiger partial charge is 0.416 e. The lowest BCUT2D eigenvalue weighted by atomic mass is 10.0. The number of amides is 2. The molecule has 0 bridgehead atoms. The average molecular weight is 374 g/mol. The van der Waals surface area contributed by atoms with Gasteiger partial charge in [-0.3, -0.25) is 9.59 Å². The number of hydrogen-bond donors (Lipinski definition) is 1. The summed E-state index contributed by atoms with van der Waals surface area (Å²) in [6, 6.07) is 2.96. The van der Waals surface area contributed by atoms with Crippen LogP contribution < -0.4 is 15.0 Å². The summed E-state index contributed by atoms with van der Waals surface area (Å²) in [7, 11) is 1.37. The molecule has 1 aliphatic rings. The van der Waals surface area contributed by atoms with E-state index in [2.05, 4.69) is 5.32 Å². The van der Waals surface area contributed by atoms with Gasteiger partial charge in [0.1, 0.15) is 5.75 Å². The van der Waals surface area contributed by atoms with Gasteiger partial charge in [0.25, 0.3) is 5.91 Å². The molecule has 144 valence electrons. The van der Waals surface area contributed by atoms with Crippen LogP contribution in [0.5, 0.6) is 5.75 Å². The van der Waals surface area contributed by atoms with Crippen molar-refractivity contribution in [2.75, 3.05) is 31.7 Å². The number of nitrogens with one attached hydrogen (secondary N) is 1. The molecule has 6 nitrogen and oxygen atoms in total. The average Bonchev–Trinajstić information content (AvgIpc) is 2.57. The number of benzene rings is 1. The van der Waals surface area contributed by atoms with Gasteiger partial charge in [-0.15, -0.1) is 0 Å². The summed E-state index contributed by atoms with van der Waals surface area (Å²) in [4.78, 5) is 25.5. The SMILES string of the molecule is CCC(=O)NCCN1C(=O)C(C)(COC)Oc2cc(C(F)(F)F)ccc21. The van der Waals surface area contributed by atoms with Crippen LogP contribution in [0.25, 0.3) is 0 Å². The molecule has 1 unspecified atom stereocenters. The highest BCUT2D eigenvalue weighted by atomic mass is 19.4. The second-order valence-corrected chi connectivity index (χ2v) is 6.11. The normalized spacial score (nSPS) is 19.8. The summed E-state index contributed by atoms with van der Waals surface area (Å²) in [6.45, 7) is 3.30. The molecule has 0 saturated carbocycles. The Bertz CT molecular complexity index is 693. The standard InChI is InChI=1S/C17H21F3N2O4/c1-4-14(23)21-7-8-22-12-6-5-11(17(18,19)20)9-13(12)26-16(2,10-25-3)15(22)24/h5-6,9H,4,7-8,10H2,1-3H3,(H,21,23). The zero-order valence-corrected chi connectivity index (χ0v) is 14.8. The fraction of sp³-hybridized carbons (Fsp3) is 0.529. The molecular formula is C17H21F3N2O4. The van der Waals surface area contributed by atoms with Crippen molar-refractivity contribution in [3.05, 3.63) is 23.8 Å². The molecule has 1 atom stereocenters. The predicted molar refractivity (Wildman–Crippen MR) is 88.0 cm³/mol. The van der Waals surface area contributed by atoms with Crippen molar-refractivity contribution < 1.29 is 32.2 Å². The van der Waals surface area contributed by atoms with Crippen LogP contribution in [-0.2, 0) is 20.5 Å². The number of methoxy groups -OCH3 is 1. The minimum atomic E-state index is -4.53. The number of carbonyl (C=O) groups excluding carboxylic acids is 2. The summed E-state index contributed by atoms with van der Waals surface area (Å²) >= 11 is 0. The molecule has 0 aliphatic carbocycles. The van der Waals surface area contributed by atoms with Gasteiger partial charge in [-0.2, -0.15) is 13.2 Å². The van der Waals surface area contributed by atoms with Gasteiger partial charge in [0, 0.05) is 26.6 Å². The van der Waals surface area contributed by atoms with Crippen LogP contribution in [0.4, 0.5) is 18.9 Å². The number of anilines is 1. The highest BCUT2D eigenvalue weighted by molar-refractivity contribution is 6.02. The molecule has 0 spiro atoms. The first-order valence-corrected chi connectivity index (χ1v) is 8.10. The van der Waals surface area contributed by atoms with Crippen molar-refractivity contribution >= 4 is 17.5 Å². The van der Waals surface area contributed by atoms with Crippen LogP contribution >= 0.6 is 0 Å². The lowest BCUT2D eigenvalue weighted by molar-refractivity contribution is -0.139. The van der Waals surface area contributed by atoms with Crippen LogP contribution in [0.3, 0.4) is 0 Å². The molecule has 1 aromatic rings. The van der Waals surface area contributed by atoms with E-state index in [1.807, 2.05) is 0 Å². The van der Waals surface area contributed by atoms with Crippen molar-refractivity contribution in [3.63, 3.8) is 0 Å². The first kappa shape index (κ1) is 20.0. The maximum Gasteiger partial charge on any atom is 0.416 e. The molecule has 26 heavy (non-hydrogen) atoms. The number of alkyl halides is 3. The van der Waals surface area contributed by atoms with Crippen LogP contribution in [0.2, 0.25) is 0 Å². The molecule has 1 heterocycles. The Morgan fingerprint density at radius 1 is 1.38 bits per heavy atom. The summed E-state index contributed by atoms with van der Waals surface area (Å²) in [5.41, 5.74) is -2.10. The van der Waals surface area contributed by atoms with E-state index in [1.54, 1.807) is 6.92 Å². The summed E-state index contributed by atoms with van der Waals surface area (Å²) < 4.78 is 49.6. The molecule has 1 aromatic carbocycles. The van der Waals surface area contributed by atoms with Gasteiger partial charge < -0.3 is 19.7 Å². The minimum Gasteiger partial charge on any atom is -0.473 e. The van der Waals surface area contributed by atoms with Crippen LogP contribution in [0.15, 0.2) is 18.2 Å². The van der Waals surface area contributed by atoms with E-state index in [1.165, 1.54) is 25.0 Å². The largest absolute Gasteiger partial charge is 0.473 e. The molecule has 2 rings (SSSR count). The predicted octanol–water partition coefficient (Wildman–Crippen LogP) is 2.36. The molecule has 9 heteroatoms. The highest BCUT2D eigenvalue weighted by Crippen LogP contribution is 2.41. The van der Waals surface area contributed by atoms with Crippen LogP contribution in [0.1, 0.15) is 25.8 Å². The number of halogens is 3. The van der Waals surface area contributed by atoms with E-state index in [0.717, 1.165) is 12.1 Å². The number of nitrogens with zero attached hydrogens (tertiary/aromatic N) is 1. The van der Waals surface area contributed by atoms with E-state index >= 15 is 0 Å². The van der Waals surface area contributed by atoms with Crippen molar-refractivity contribution in [2.45, 2.75) is 32.0 Å². The van der Waals surface area contributed by atoms with Gasteiger partial charge in [-0.25, -0.2) is 0 Å². The van der Waals surface area contributed by atoms with E-state index in [4.69, 9.17) is 9.47 Å². The second-order valence-electron chi connectivity index (χ2n) is 6.11. The second kappa shape index (κ2) is 7.53. The van der Waals surface area contributed by atoms with Gasteiger partial charge in [-0.05, 0) is 25.1 Å². The Morgan fingerprint density at radius 3 is 2.65 bits per heavy atom. The molecule has 0 fully saturated rings. The Kier molecular flexibility index (Phi) is 5.80. The summed E-state index contributed by atoms with van der Waals surface area (Å²) in [6.07, 6.45) is -4.23. The maximum absolute atomic E-state index is 13.0. The Hall–Kier alpha value is -2.29. The number of ether oxygens (including phenoxy) is 2. The lowest BCUT2D eigenvalue weighted by Crippen LogP contribution is -2.58. The number of fused-ring (bicyclic) bond motifs is 1. The monoisotopic (exact) mass is 374 g/mol. The van der Waals surface area contributed by atoms with Crippen molar-refractivity contribution in [3.8, 4) is 5.75 Å². The number of hydrogen-bond acceptors (Lipinski definition) is 4. The van der Waals surface area contributed by atoms with Crippen LogP contribution in [0, 0.1) is 0 Å². The van der Waals surface area contributed by atoms with Crippen molar-refractivity contribution in [1.29, 1.82) is 0 Å². The first-order chi connectivity index (χ1) is 12.1. The molecule has 1 aliphatic heterocycles. The molecular weight excluding hydrogens is 353 g/mol. The van der Waals surface area contributed by atoms with Gasteiger partial charge >= 0.3 is 6.18 Å². The number of rotatable bonds is 6. The van der Waals surface area contributed by atoms with Crippen LogP contribution in [-0.4, -0.2) is 44.2 Å². The molecule has 2 amide bonds. The Morgan fingerprint density at radius 2 is 2.08 bits per heavy atom. The summed E-state index contributed by atoms with van der Waals surface area (Å²) in [5.74, 6) is -0.684. The first-order valence-electron chi connectivity index (χ1n) is 8.10. The van der Waals surface area contributed by atoms with E-state index < -0.39 is 23.2 Å². The Labute approximate surface area is 149 Å². The highest BCUT2D eigenvalue weighted by Gasteiger charge is 2.45. The van der Waals surface area contributed by atoms with Gasteiger partial charge in [0.05, 0.1) is 17.9 Å². The lowest BCUT2D eigenvalue weighted by Gasteiger charge is -2.40. The third kappa shape index (κ3) is 4.09. The van der Waals surface area contributed by atoms with Crippen molar-refractivity contribution in [1.82, 2.24) is 5.32 Å². The quantitative estimate of drug-likeness (QED) is 0.830. The van der Waals surface area contributed by atoms with Gasteiger partial charge in [0.2, 0.25) is 11.5 Å². The molecule has 0 radical (unpaired) electrons. The molecule has 1 N–H and O–H groups in total. The fourth-order valence-electron chi connectivity index (χ4n) is 2.70. The maximum atomic E-state index is 13.0. The van der Waals surface area contributed by atoms with E-state index in [9.17, 15) is 22.8 Å². The van der Waals surface area contributed by atoms with Crippen molar-refractivity contribution in [2.24, 2.45) is 0 Å². The number of carbonyl (C=O) groups is 2. The van der Waals surface area contributed by atoms with Gasteiger partial charge in [0.15, 0.2) is 0 Å². The molecule has 0 aromatic heterocycles. The Balaban J connectivity index is 2.37. The minimum absolute atomic E-state index is 0.0548. The zero-order valence-electron chi connectivity index (χ0n) is 14.8. The van der Waals surface area contributed by atoms with E-state index in [0.29, 0.717) is 6.42 Å². The molecule has 0 saturated heterocycles. The summed E-state index contributed by atoms with van der Waals surface area (Å²) in [5, 5.41) is 2.64. The van der Waals surface area contributed by atoms with E-state index in [-0.39, 0.29) is 37.0 Å². The van der Waals surface area contributed by atoms with Gasteiger partial charge in [-0.1, -0.05) is 6.92 Å². The fourth-order valence-corrected chi connectivity index (χ4v) is 2.70. The zero-order chi connectivity index (χ0) is 19.5. The topological polar surface area (TPSA) is 67.9 Å². The third-order valence-electron chi connectivity index (χ3n) is 4.01.